The fraction of sp³-hybridized carbons (Fsp3) is 0.0833. The molecule has 0 radical (unpaired) electrons. The summed E-state index contributed by atoms with van der Waals surface area (Å²) in [6, 6.07) is 26.2. The van der Waals surface area contributed by atoms with Crippen LogP contribution in [-0.4, -0.2) is 23.2 Å². The number of nitrogens with zero attached hydrogens (tertiary/aromatic N) is 2. The van der Waals surface area contributed by atoms with Crippen molar-refractivity contribution in [1.29, 1.82) is 0 Å². The number of carbonyl (C=O) groups is 1. The third-order valence-electron chi connectivity index (χ3n) is 5.39. The van der Waals surface area contributed by atoms with Gasteiger partial charge in [-0.15, -0.1) is 0 Å². The number of anilines is 1. The van der Waals surface area contributed by atoms with Crippen molar-refractivity contribution in [1.82, 2.24) is 15.5 Å². The maximum atomic E-state index is 12.7. The van der Waals surface area contributed by atoms with Crippen LogP contribution >= 0.6 is 0 Å². The van der Waals surface area contributed by atoms with Crippen LogP contribution < -0.4 is 10.2 Å². The van der Waals surface area contributed by atoms with E-state index in [0.717, 1.165) is 33.6 Å². The van der Waals surface area contributed by atoms with Crippen molar-refractivity contribution in [3.8, 4) is 22.4 Å². The Labute approximate surface area is 169 Å². The second-order valence-corrected chi connectivity index (χ2v) is 7.14. The highest BCUT2D eigenvalue weighted by Gasteiger charge is 2.31. The average molecular weight is 380 g/mol. The number of benzene rings is 3. The molecule has 0 fully saturated rings. The fourth-order valence-corrected chi connectivity index (χ4v) is 3.91. The van der Waals surface area contributed by atoms with E-state index in [-0.39, 0.29) is 12.1 Å². The minimum atomic E-state index is -0.300. The zero-order valence-electron chi connectivity index (χ0n) is 16.0. The first-order valence-electron chi connectivity index (χ1n) is 9.54. The first-order chi connectivity index (χ1) is 14.2. The van der Waals surface area contributed by atoms with Crippen LogP contribution in [0.5, 0.6) is 0 Å². The zero-order valence-corrected chi connectivity index (χ0v) is 16.0. The Bertz CT molecular complexity index is 1180. The summed E-state index contributed by atoms with van der Waals surface area (Å²) in [6.45, 7) is 0. The molecule has 0 aliphatic carbocycles. The highest BCUT2D eigenvalue weighted by atomic mass is 16.2. The van der Waals surface area contributed by atoms with Gasteiger partial charge >= 0.3 is 0 Å². The molecule has 1 aliphatic heterocycles. The van der Waals surface area contributed by atoms with Gasteiger partial charge < -0.3 is 10.2 Å². The Morgan fingerprint density at radius 2 is 1.59 bits per heavy atom. The molecule has 2 N–H and O–H groups in total. The number of aromatic nitrogens is 2. The molecular weight excluding hydrogens is 360 g/mol. The molecule has 0 saturated carbocycles. The summed E-state index contributed by atoms with van der Waals surface area (Å²) in [5, 5.41) is 10.6. The minimum absolute atomic E-state index is 0.0751. The van der Waals surface area contributed by atoms with Crippen molar-refractivity contribution in [3.63, 3.8) is 0 Å². The zero-order chi connectivity index (χ0) is 19.8. The number of hydrogen-bond acceptors (Lipinski definition) is 3. The topological polar surface area (TPSA) is 61.0 Å². The van der Waals surface area contributed by atoms with Gasteiger partial charge in [0.1, 0.15) is 6.17 Å². The Kier molecular flexibility index (Phi) is 4.13. The summed E-state index contributed by atoms with van der Waals surface area (Å²) >= 11 is 0. The minimum Gasteiger partial charge on any atom is -0.350 e. The summed E-state index contributed by atoms with van der Waals surface area (Å²) in [5.41, 5.74) is 6.64. The summed E-state index contributed by atoms with van der Waals surface area (Å²) in [5.74, 6) is -0.0751. The van der Waals surface area contributed by atoms with Crippen LogP contribution in [0, 0.1) is 0 Å². The Morgan fingerprint density at radius 1 is 0.862 bits per heavy atom. The summed E-state index contributed by atoms with van der Waals surface area (Å²) in [6.07, 6.45) is 1.56. The monoisotopic (exact) mass is 380 g/mol. The lowest BCUT2D eigenvalue weighted by Crippen LogP contribution is -2.44. The molecule has 0 spiro atoms. The van der Waals surface area contributed by atoms with E-state index in [1.165, 1.54) is 0 Å². The molecule has 142 valence electrons. The van der Waals surface area contributed by atoms with Gasteiger partial charge in [-0.05, 0) is 29.3 Å². The van der Waals surface area contributed by atoms with Crippen LogP contribution in [-0.2, 0) is 0 Å². The lowest BCUT2D eigenvalue weighted by molar-refractivity contribution is 0.0928. The highest BCUT2D eigenvalue weighted by molar-refractivity contribution is 6.02. The van der Waals surface area contributed by atoms with Gasteiger partial charge in [-0.25, -0.2) is 0 Å². The maximum Gasteiger partial charge on any atom is 0.255 e. The van der Waals surface area contributed by atoms with Gasteiger partial charge in [0.15, 0.2) is 0 Å². The van der Waals surface area contributed by atoms with E-state index in [4.69, 9.17) is 0 Å². The number of hydrogen-bond donors (Lipinski definition) is 2. The van der Waals surface area contributed by atoms with Crippen molar-refractivity contribution in [2.75, 3.05) is 11.9 Å². The van der Waals surface area contributed by atoms with Gasteiger partial charge in [-0.2, -0.15) is 5.10 Å². The standard InChI is InChI=1S/C24H20N4O/c1-28-21-13-6-5-12-19(21)24(29)26-23(28)20-15-25-27-22(20)18-11-7-10-17(14-18)16-8-3-2-4-9-16/h2-15,23H,1H3,(H,25,27)(H,26,29). The van der Waals surface area contributed by atoms with E-state index in [2.05, 4.69) is 44.7 Å². The van der Waals surface area contributed by atoms with Gasteiger partial charge in [0, 0.05) is 24.4 Å². The third kappa shape index (κ3) is 2.97. The van der Waals surface area contributed by atoms with Crippen molar-refractivity contribution >= 4 is 11.6 Å². The van der Waals surface area contributed by atoms with Crippen molar-refractivity contribution < 1.29 is 4.79 Å². The number of amides is 1. The first kappa shape index (κ1) is 17.3. The Balaban J connectivity index is 1.55. The van der Waals surface area contributed by atoms with Crippen LogP contribution in [0.1, 0.15) is 22.1 Å². The van der Waals surface area contributed by atoms with Crippen LogP contribution in [0.25, 0.3) is 22.4 Å². The summed E-state index contributed by atoms with van der Waals surface area (Å²) in [7, 11) is 1.99. The van der Waals surface area contributed by atoms with Crippen LogP contribution in [0.2, 0.25) is 0 Å². The highest BCUT2D eigenvalue weighted by Crippen LogP contribution is 2.36. The molecule has 1 amide bonds. The van der Waals surface area contributed by atoms with E-state index >= 15 is 0 Å². The number of nitrogens with one attached hydrogen (secondary N) is 2. The van der Waals surface area contributed by atoms with Gasteiger partial charge in [0.25, 0.3) is 5.91 Å². The van der Waals surface area contributed by atoms with Gasteiger partial charge in [-0.1, -0.05) is 60.7 Å². The fourth-order valence-electron chi connectivity index (χ4n) is 3.91. The lowest BCUT2D eigenvalue weighted by atomic mass is 9.98. The molecule has 1 aromatic heterocycles. The number of aromatic amines is 1. The molecular formula is C24H20N4O. The second-order valence-electron chi connectivity index (χ2n) is 7.14. The molecule has 1 unspecified atom stereocenters. The van der Waals surface area contributed by atoms with E-state index in [1.54, 1.807) is 0 Å². The SMILES string of the molecule is CN1c2ccccc2C(=O)NC1c1c[nH]nc1-c1cccc(-c2ccccc2)c1. The number of fused-ring (bicyclic) bond motifs is 1. The van der Waals surface area contributed by atoms with Gasteiger partial charge in [-0.3, -0.25) is 9.89 Å². The predicted molar refractivity (Wildman–Crippen MR) is 115 cm³/mol. The quantitative estimate of drug-likeness (QED) is 0.545. The molecule has 5 heteroatoms. The number of rotatable bonds is 3. The summed E-state index contributed by atoms with van der Waals surface area (Å²) < 4.78 is 0. The normalized spacial score (nSPS) is 15.7. The van der Waals surface area contributed by atoms with Crippen LogP contribution in [0.15, 0.2) is 85.1 Å². The smallest absolute Gasteiger partial charge is 0.255 e. The molecule has 0 bridgehead atoms. The molecule has 3 aromatic carbocycles. The predicted octanol–water partition coefficient (Wildman–Crippen LogP) is 4.62. The summed E-state index contributed by atoms with van der Waals surface area (Å²) in [4.78, 5) is 14.7. The van der Waals surface area contributed by atoms with E-state index in [0.29, 0.717) is 5.56 Å². The van der Waals surface area contributed by atoms with Crippen molar-refractivity contribution in [3.05, 3.63) is 96.2 Å². The molecule has 2 heterocycles. The number of carbonyl (C=O) groups excluding carboxylic acids is 1. The van der Waals surface area contributed by atoms with E-state index < -0.39 is 0 Å². The van der Waals surface area contributed by atoms with Gasteiger partial charge in [0.2, 0.25) is 0 Å². The molecule has 5 nitrogen and oxygen atoms in total. The average Bonchev–Trinajstić information content (AvgIpc) is 3.27. The third-order valence-corrected chi connectivity index (χ3v) is 5.39. The number of H-pyrrole nitrogens is 1. The Hall–Kier alpha value is -3.86. The largest absolute Gasteiger partial charge is 0.350 e. The molecule has 1 atom stereocenters. The lowest BCUT2D eigenvalue weighted by Gasteiger charge is -2.36. The van der Waals surface area contributed by atoms with Crippen molar-refractivity contribution in [2.45, 2.75) is 6.17 Å². The number of para-hydroxylation sites is 1. The molecule has 1 aliphatic rings. The first-order valence-corrected chi connectivity index (χ1v) is 9.54. The van der Waals surface area contributed by atoms with E-state index in [1.807, 2.05) is 67.8 Å². The Morgan fingerprint density at radius 3 is 2.45 bits per heavy atom. The van der Waals surface area contributed by atoms with Gasteiger partial charge in [0.05, 0.1) is 16.9 Å². The van der Waals surface area contributed by atoms with Crippen molar-refractivity contribution in [2.24, 2.45) is 0 Å². The second kappa shape index (κ2) is 6.95. The molecule has 29 heavy (non-hydrogen) atoms. The molecule has 5 rings (SSSR count). The maximum absolute atomic E-state index is 12.7. The molecule has 0 saturated heterocycles. The van der Waals surface area contributed by atoms with Crippen LogP contribution in [0.4, 0.5) is 5.69 Å². The van der Waals surface area contributed by atoms with E-state index in [9.17, 15) is 4.79 Å². The van der Waals surface area contributed by atoms with Crippen LogP contribution in [0.3, 0.4) is 0 Å². The molecule has 4 aromatic rings.